The number of rotatable bonds is 7. The maximum absolute atomic E-state index is 12.0. The molecular formula is C13H14F2N2O4S. The first-order valence-corrected chi connectivity index (χ1v) is 7.77. The normalized spacial score (nSPS) is 11.8. The summed E-state index contributed by atoms with van der Waals surface area (Å²) in [5, 5.41) is 0. The first-order valence-electron chi connectivity index (χ1n) is 6.29. The van der Waals surface area contributed by atoms with Crippen LogP contribution >= 0.6 is 0 Å². The van der Waals surface area contributed by atoms with Gasteiger partial charge in [-0.3, -0.25) is 0 Å². The molecule has 0 aliphatic heterocycles. The number of aryl methyl sites for hydroxylation is 1. The van der Waals surface area contributed by atoms with Crippen LogP contribution in [0.25, 0.3) is 0 Å². The minimum absolute atomic E-state index is 0.0137. The average Bonchev–Trinajstić information content (AvgIpc) is 2.89. The zero-order chi connectivity index (χ0) is 16.2. The lowest BCUT2D eigenvalue weighted by atomic mass is 10.3. The van der Waals surface area contributed by atoms with E-state index in [0.717, 1.165) is 0 Å². The van der Waals surface area contributed by atoms with Gasteiger partial charge in [-0.05, 0) is 31.2 Å². The molecule has 6 nitrogen and oxygen atoms in total. The van der Waals surface area contributed by atoms with Crippen LogP contribution in [0.15, 0.2) is 39.8 Å². The smallest absolute Gasteiger partial charge is 0.272 e. The van der Waals surface area contributed by atoms with E-state index < -0.39 is 23.1 Å². The van der Waals surface area contributed by atoms with Crippen LogP contribution in [0.5, 0.6) is 5.75 Å². The molecule has 1 heterocycles. The first kappa shape index (κ1) is 16.4. The fourth-order valence-corrected chi connectivity index (χ4v) is 2.57. The number of hydrogen-bond acceptors (Lipinski definition) is 5. The standard InChI is InChI=1S/C13H14F2N2O4S/c1-9-6-16-13(21-9)7-17-22(18,19)11-4-2-10(3-5-11)20-8-12(14)15/h2-6,12,17H,7-8H2,1H3. The Labute approximate surface area is 126 Å². The monoisotopic (exact) mass is 332 g/mol. The van der Waals surface area contributed by atoms with Gasteiger partial charge in [0.2, 0.25) is 15.9 Å². The number of sulfonamides is 1. The van der Waals surface area contributed by atoms with E-state index in [1.165, 1.54) is 30.5 Å². The zero-order valence-corrected chi connectivity index (χ0v) is 12.4. The Morgan fingerprint density at radius 3 is 2.55 bits per heavy atom. The molecule has 0 saturated heterocycles. The molecule has 0 amide bonds. The molecule has 0 spiro atoms. The predicted molar refractivity (Wildman–Crippen MR) is 73.2 cm³/mol. The minimum atomic E-state index is -3.75. The number of benzene rings is 1. The van der Waals surface area contributed by atoms with Crippen LogP contribution in [0.3, 0.4) is 0 Å². The van der Waals surface area contributed by atoms with Gasteiger partial charge < -0.3 is 9.15 Å². The van der Waals surface area contributed by atoms with Crippen molar-refractivity contribution in [2.24, 2.45) is 0 Å². The highest BCUT2D eigenvalue weighted by Crippen LogP contribution is 2.16. The second-order valence-corrected chi connectivity index (χ2v) is 6.13. The third-order valence-corrected chi connectivity index (χ3v) is 4.01. The van der Waals surface area contributed by atoms with Crippen LogP contribution in [0.4, 0.5) is 8.78 Å². The van der Waals surface area contributed by atoms with Gasteiger partial charge in [-0.2, -0.15) is 0 Å². The van der Waals surface area contributed by atoms with Gasteiger partial charge in [-0.1, -0.05) is 0 Å². The van der Waals surface area contributed by atoms with Gasteiger partial charge in [-0.15, -0.1) is 0 Å². The fraction of sp³-hybridized carbons (Fsp3) is 0.308. The molecule has 0 aliphatic carbocycles. The number of aromatic nitrogens is 1. The van der Waals surface area contributed by atoms with E-state index in [9.17, 15) is 17.2 Å². The van der Waals surface area contributed by atoms with Crippen molar-refractivity contribution in [2.45, 2.75) is 24.8 Å². The van der Waals surface area contributed by atoms with E-state index in [2.05, 4.69) is 9.71 Å². The maximum atomic E-state index is 12.0. The summed E-state index contributed by atoms with van der Waals surface area (Å²) in [7, 11) is -3.75. The molecule has 22 heavy (non-hydrogen) atoms. The summed E-state index contributed by atoms with van der Waals surface area (Å²) in [5.74, 6) is 0.996. The summed E-state index contributed by atoms with van der Waals surface area (Å²) in [6.07, 6.45) is -1.10. The van der Waals surface area contributed by atoms with Gasteiger partial charge in [0.25, 0.3) is 6.43 Å². The lowest BCUT2D eigenvalue weighted by Crippen LogP contribution is -2.23. The quantitative estimate of drug-likeness (QED) is 0.840. The van der Waals surface area contributed by atoms with Gasteiger partial charge in [0, 0.05) is 0 Å². The molecule has 0 bridgehead atoms. The van der Waals surface area contributed by atoms with Gasteiger partial charge in [0.15, 0.2) is 0 Å². The molecule has 1 aromatic carbocycles. The average molecular weight is 332 g/mol. The molecule has 2 rings (SSSR count). The molecule has 0 unspecified atom stereocenters. The molecule has 0 atom stereocenters. The van der Waals surface area contributed by atoms with Crippen molar-refractivity contribution < 1.29 is 26.4 Å². The highest BCUT2D eigenvalue weighted by atomic mass is 32.2. The van der Waals surface area contributed by atoms with Gasteiger partial charge >= 0.3 is 0 Å². The van der Waals surface area contributed by atoms with Crippen LogP contribution in [-0.4, -0.2) is 26.4 Å². The van der Waals surface area contributed by atoms with Crippen LogP contribution in [0.1, 0.15) is 11.7 Å². The Kier molecular flexibility index (Phi) is 5.09. The molecule has 0 fully saturated rings. The summed E-state index contributed by atoms with van der Waals surface area (Å²) in [6.45, 7) is 0.872. The Morgan fingerprint density at radius 1 is 1.32 bits per heavy atom. The summed E-state index contributed by atoms with van der Waals surface area (Å²) < 4.78 is 60.4. The summed E-state index contributed by atoms with van der Waals surface area (Å²) in [4.78, 5) is 3.87. The van der Waals surface area contributed by atoms with Crippen LogP contribution < -0.4 is 9.46 Å². The van der Waals surface area contributed by atoms with Crippen molar-refractivity contribution in [1.29, 1.82) is 0 Å². The van der Waals surface area contributed by atoms with Crippen molar-refractivity contribution in [3.8, 4) is 5.75 Å². The second-order valence-electron chi connectivity index (χ2n) is 4.36. The molecule has 1 N–H and O–H groups in total. The van der Waals surface area contributed by atoms with Crippen molar-refractivity contribution >= 4 is 10.0 Å². The minimum Gasteiger partial charge on any atom is -0.488 e. The summed E-state index contributed by atoms with van der Waals surface area (Å²) in [6, 6.07) is 5.16. The molecular weight excluding hydrogens is 318 g/mol. The zero-order valence-electron chi connectivity index (χ0n) is 11.6. The van der Waals surface area contributed by atoms with E-state index in [1.54, 1.807) is 6.92 Å². The van der Waals surface area contributed by atoms with E-state index in [1.807, 2.05) is 0 Å². The summed E-state index contributed by atoms with van der Waals surface area (Å²) >= 11 is 0. The number of nitrogens with one attached hydrogen (secondary N) is 1. The Morgan fingerprint density at radius 2 is 2.00 bits per heavy atom. The molecule has 1 aromatic heterocycles. The summed E-state index contributed by atoms with van der Waals surface area (Å²) in [5.41, 5.74) is 0. The van der Waals surface area contributed by atoms with Crippen molar-refractivity contribution in [3.05, 3.63) is 42.1 Å². The number of alkyl halides is 2. The largest absolute Gasteiger partial charge is 0.488 e. The first-order chi connectivity index (χ1) is 10.4. The topological polar surface area (TPSA) is 81.4 Å². The number of ether oxygens (including phenoxy) is 1. The van der Waals surface area contributed by atoms with Crippen molar-refractivity contribution in [2.75, 3.05) is 6.61 Å². The van der Waals surface area contributed by atoms with Gasteiger partial charge in [-0.25, -0.2) is 26.9 Å². The second kappa shape index (κ2) is 6.84. The number of hydrogen-bond donors (Lipinski definition) is 1. The fourth-order valence-electron chi connectivity index (χ4n) is 1.60. The third kappa shape index (κ3) is 4.50. The highest BCUT2D eigenvalue weighted by Gasteiger charge is 2.15. The number of oxazole rings is 1. The third-order valence-electron chi connectivity index (χ3n) is 2.59. The van der Waals surface area contributed by atoms with E-state index in [0.29, 0.717) is 5.76 Å². The van der Waals surface area contributed by atoms with Crippen LogP contribution in [-0.2, 0) is 16.6 Å². The van der Waals surface area contributed by atoms with Crippen molar-refractivity contribution in [3.63, 3.8) is 0 Å². The van der Waals surface area contributed by atoms with Gasteiger partial charge in [0.1, 0.15) is 18.1 Å². The lowest BCUT2D eigenvalue weighted by Gasteiger charge is -2.07. The SMILES string of the molecule is Cc1cnc(CNS(=O)(=O)c2ccc(OCC(F)F)cc2)o1. The van der Waals surface area contributed by atoms with E-state index in [-0.39, 0.29) is 23.1 Å². The Balaban J connectivity index is 1.99. The Bertz CT molecular complexity index is 714. The molecule has 9 heteroatoms. The Hall–Kier alpha value is -2.00. The lowest BCUT2D eigenvalue weighted by molar-refractivity contribution is 0.0819. The molecule has 0 radical (unpaired) electrons. The van der Waals surface area contributed by atoms with Crippen molar-refractivity contribution in [1.82, 2.24) is 9.71 Å². The molecule has 0 aliphatic rings. The van der Waals surface area contributed by atoms with E-state index in [4.69, 9.17) is 9.15 Å². The molecule has 2 aromatic rings. The number of nitrogens with zero attached hydrogens (tertiary/aromatic N) is 1. The van der Waals surface area contributed by atoms with Gasteiger partial charge in [0.05, 0.1) is 17.6 Å². The maximum Gasteiger partial charge on any atom is 0.272 e. The molecule has 120 valence electrons. The number of halogens is 2. The molecule has 0 saturated carbocycles. The highest BCUT2D eigenvalue weighted by molar-refractivity contribution is 7.89. The van der Waals surface area contributed by atoms with E-state index >= 15 is 0 Å². The van der Waals surface area contributed by atoms with Crippen LogP contribution in [0.2, 0.25) is 0 Å². The predicted octanol–water partition coefficient (Wildman–Crippen LogP) is 2.11. The van der Waals surface area contributed by atoms with Crippen LogP contribution in [0, 0.1) is 6.92 Å².